The lowest BCUT2D eigenvalue weighted by Crippen LogP contribution is -2.90. The molecular formula is C19H20FN2O3+. The van der Waals surface area contributed by atoms with Crippen LogP contribution in [0, 0.1) is 5.82 Å². The number of carbonyl (C=O) groups excluding carboxylic acids is 2. The van der Waals surface area contributed by atoms with E-state index in [4.69, 9.17) is 4.74 Å². The Bertz CT molecular complexity index is 759. The van der Waals surface area contributed by atoms with Crippen molar-refractivity contribution in [1.29, 1.82) is 0 Å². The Balaban J connectivity index is 1.66. The van der Waals surface area contributed by atoms with Gasteiger partial charge in [-0.15, -0.1) is 0 Å². The molecule has 0 unspecified atom stereocenters. The topological polar surface area (TPSA) is 63.2 Å². The van der Waals surface area contributed by atoms with Crippen LogP contribution in [0.25, 0.3) is 0 Å². The molecule has 1 aliphatic rings. The van der Waals surface area contributed by atoms with Crippen LogP contribution in [0.4, 0.5) is 10.1 Å². The predicted molar refractivity (Wildman–Crippen MR) is 90.5 cm³/mol. The maximum Gasteiger partial charge on any atom is 0.292 e. The summed E-state index contributed by atoms with van der Waals surface area (Å²) in [4.78, 5) is 26.1. The summed E-state index contributed by atoms with van der Waals surface area (Å²) >= 11 is 0. The highest BCUT2D eigenvalue weighted by atomic mass is 19.1. The van der Waals surface area contributed by atoms with Gasteiger partial charge >= 0.3 is 0 Å². The lowest BCUT2D eigenvalue weighted by Gasteiger charge is -2.15. The van der Waals surface area contributed by atoms with E-state index in [1.54, 1.807) is 36.4 Å². The standard InChI is InChI=1S/C19H19FN2O3/c1-2-25-16-9-7-15(8-10-16)22-18(23)11-17(19(22)24)21-12-13-3-5-14(20)6-4-13/h3-10,17,21H,2,11-12H2,1H3/p+1/t17-/m1/s1. The maximum atomic E-state index is 12.9. The van der Waals surface area contributed by atoms with Gasteiger partial charge < -0.3 is 10.1 Å². The lowest BCUT2D eigenvalue weighted by atomic mass is 10.2. The molecule has 5 nitrogen and oxygen atoms in total. The summed E-state index contributed by atoms with van der Waals surface area (Å²) in [7, 11) is 0. The molecule has 1 atom stereocenters. The number of benzene rings is 2. The number of hydrogen-bond donors (Lipinski definition) is 1. The quantitative estimate of drug-likeness (QED) is 0.811. The molecule has 0 radical (unpaired) electrons. The van der Waals surface area contributed by atoms with Crippen LogP contribution < -0.4 is 15.0 Å². The second kappa shape index (κ2) is 7.44. The van der Waals surface area contributed by atoms with Gasteiger partial charge in [0.05, 0.1) is 18.7 Å². The molecule has 1 aliphatic heterocycles. The first kappa shape index (κ1) is 17.1. The molecule has 130 valence electrons. The minimum Gasteiger partial charge on any atom is -0.494 e. The number of anilines is 1. The van der Waals surface area contributed by atoms with Crippen LogP contribution in [0.2, 0.25) is 0 Å². The van der Waals surface area contributed by atoms with Gasteiger partial charge in [0.25, 0.3) is 5.91 Å². The Hall–Kier alpha value is -2.73. The van der Waals surface area contributed by atoms with Crippen molar-refractivity contribution in [2.24, 2.45) is 0 Å². The molecule has 3 rings (SSSR count). The number of amides is 2. The van der Waals surface area contributed by atoms with Crippen LogP contribution in [0.15, 0.2) is 48.5 Å². The summed E-state index contributed by atoms with van der Waals surface area (Å²) in [6.07, 6.45) is 0.160. The second-order valence-corrected chi connectivity index (χ2v) is 5.87. The molecule has 0 aliphatic carbocycles. The normalized spacial score (nSPS) is 17.2. The molecule has 2 N–H and O–H groups in total. The molecule has 2 amide bonds. The minimum absolute atomic E-state index is 0.160. The van der Waals surface area contributed by atoms with Crippen molar-refractivity contribution in [3.8, 4) is 5.75 Å². The number of ether oxygens (including phenoxy) is 1. The third-order valence-corrected chi connectivity index (χ3v) is 4.14. The van der Waals surface area contributed by atoms with E-state index >= 15 is 0 Å². The minimum atomic E-state index is -0.455. The first-order chi connectivity index (χ1) is 12.1. The average Bonchev–Trinajstić information content (AvgIpc) is 2.89. The zero-order valence-corrected chi connectivity index (χ0v) is 13.9. The Morgan fingerprint density at radius 1 is 1.12 bits per heavy atom. The van der Waals surface area contributed by atoms with Gasteiger partial charge in [-0.25, -0.2) is 9.29 Å². The SMILES string of the molecule is CCOc1ccc(N2C(=O)C[C@@H]([NH2+]Cc3ccc(F)cc3)C2=O)cc1. The van der Waals surface area contributed by atoms with Gasteiger partial charge in [0.15, 0.2) is 6.04 Å². The predicted octanol–water partition coefficient (Wildman–Crippen LogP) is 1.62. The average molecular weight is 343 g/mol. The summed E-state index contributed by atoms with van der Waals surface area (Å²) in [5, 5.41) is 1.82. The van der Waals surface area contributed by atoms with E-state index < -0.39 is 6.04 Å². The zero-order chi connectivity index (χ0) is 17.8. The molecule has 0 spiro atoms. The van der Waals surface area contributed by atoms with Crippen molar-refractivity contribution in [3.63, 3.8) is 0 Å². The molecule has 1 fully saturated rings. The third kappa shape index (κ3) is 3.85. The van der Waals surface area contributed by atoms with Gasteiger partial charge in [0.2, 0.25) is 5.91 Å². The highest BCUT2D eigenvalue weighted by molar-refractivity contribution is 6.21. The molecule has 0 saturated carbocycles. The first-order valence-corrected chi connectivity index (χ1v) is 8.26. The molecule has 25 heavy (non-hydrogen) atoms. The third-order valence-electron chi connectivity index (χ3n) is 4.14. The van der Waals surface area contributed by atoms with Gasteiger partial charge in [-0.1, -0.05) is 12.1 Å². The van der Waals surface area contributed by atoms with Gasteiger partial charge in [0, 0.05) is 5.56 Å². The highest BCUT2D eigenvalue weighted by Crippen LogP contribution is 2.24. The van der Waals surface area contributed by atoms with E-state index in [-0.39, 0.29) is 24.1 Å². The first-order valence-electron chi connectivity index (χ1n) is 8.26. The number of quaternary nitrogens is 1. The highest BCUT2D eigenvalue weighted by Gasteiger charge is 2.42. The summed E-state index contributed by atoms with van der Waals surface area (Å²) in [6, 6.07) is 12.6. The number of halogens is 1. The van der Waals surface area contributed by atoms with Crippen LogP contribution in [0.3, 0.4) is 0 Å². The van der Waals surface area contributed by atoms with Gasteiger partial charge in [-0.3, -0.25) is 9.59 Å². The van der Waals surface area contributed by atoms with Crippen LogP contribution in [-0.4, -0.2) is 24.5 Å². The van der Waals surface area contributed by atoms with Crippen molar-refractivity contribution >= 4 is 17.5 Å². The van der Waals surface area contributed by atoms with E-state index in [0.29, 0.717) is 24.6 Å². The Morgan fingerprint density at radius 3 is 2.44 bits per heavy atom. The summed E-state index contributed by atoms with van der Waals surface area (Å²) in [5.41, 5.74) is 1.46. The van der Waals surface area contributed by atoms with Crippen molar-refractivity contribution in [2.75, 3.05) is 11.5 Å². The van der Waals surface area contributed by atoms with Gasteiger partial charge in [-0.2, -0.15) is 0 Å². The molecular weight excluding hydrogens is 323 g/mol. The van der Waals surface area contributed by atoms with Crippen LogP contribution in [0.1, 0.15) is 18.9 Å². The van der Waals surface area contributed by atoms with E-state index in [9.17, 15) is 14.0 Å². The Kier molecular flexibility index (Phi) is 5.09. The zero-order valence-electron chi connectivity index (χ0n) is 13.9. The molecule has 0 bridgehead atoms. The summed E-state index contributed by atoms with van der Waals surface area (Å²) in [6.45, 7) is 2.96. The van der Waals surface area contributed by atoms with E-state index in [1.807, 2.05) is 12.2 Å². The number of carbonyl (C=O) groups is 2. The number of rotatable bonds is 6. The molecule has 2 aromatic rings. The summed E-state index contributed by atoms with van der Waals surface area (Å²) in [5.74, 6) is -0.0342. The fraction of sp³-hybridized carbons (Fsp3) is 0.263. The van der Waals surface area contributed by atoms with Crippen LogP contribution in [0.5, 0.6) is 5.75 Å². The van der Waals surface area contributed by atoms with Gasteiger partial charge in [-0.05, 0) is 43.3 Å². The maximum absolute atomic E-state index is 12.9. The second-order valence-electron chi connectivity index (χ2n) is 5.87. The molecule has 0 aromatic heterocycles. The van der Waals surface area contributed by atoms with Crippen LogP contribution >= 0.6 is 0 Å². The summed E-state index contributed by atoms with van der Waals surface area (Å²) < 4.78 is 18.3. The van der Waals surface area contributed by atoms with Crippen molar-refractivity contribution < 1.29 is 24.0 Å². The number of hydrogen-bond acceptors (Lipinski definition) is 3. The number of imide groups is 1. The van der Waals surface area contributed by atoms with E-state index in [2.05, 4.69) is 0 Å². The van der Waals surface area contributed by atoms with Crippen molar-refractivity contribution in [1.82, 2.24) is 0 Å². The molecule has 2 aromatic carbocycles. The molecule has 1 saturated heterocycles. The van der Waals surface area contributed by atoms with Gasteiger partial charge in [0.1, 0.15) is 18.1 Å². The fourth-order valence-electron chi connectivity index (χ4n) is 2.87. The van der Waals surface area contributed by atoms with E-state index in [1.165, 1.54) is 17.0 Å². The fourth-order valence-corrected chi connectivity index (χ4v) is 2.87. The lowest BCUT2D eigenvalue weighted by molar-refractivity contribution is -0.690. The Labute approximate surface area is 145 Å². The van der Waals surface area contributed by atoms with Crippen molar-refractivity contribution in [2.45, 2.75) is 25.9 Å². The monoisotopic (exact) mass is 343 g/mol. The van der Waals surface area contributed by atoms with Crippen molar-refractivity contribution in [3.05, 3.63) is 59.9 Å². The molecule has 6 heteroatoms. The molecule has 1 heterocycles. The number of nitrogens with two attached hydrogens (primary N) is 1. The largest absolute Gasteiger partial charge is 0.494 e. The van der Waals surface area contributed by atoms with E-state index in [0.717, 1.165) is 5.56 Å². The smallest absolute Gasteiger partial charge is 0.292 e. The van der Waals surface area contributed by atoms with Crippen LogP contribution in [-0.2, 0) is 16.1 Å². The Morgan fingerprint density at radius 2 is 1.80 bits per heavy atom. The number of nitrogens with zero attached hydrogens (tertiary/aromatic N) is 1.